The van der Waals surface area contributed by atoms with Crippen LogP contribution < -0.4 is 15.4 Å². The van der Waals surface area contributed by atoms with Crippen LogP contribution in [-0.2, 0) is 26.0 Å². The van der Waals surface area contributed by atoms with Gasteiger partial charge in [-0.3, -0.25) is 4.79 Å². The molecule has 0 saturated heterocycles. The summed E-state index contributed by atoms with van der Waals surface area (Å²) in [4.78, 5) is 29.9. The van der Waals surface area contributed by atoms with Crippen molar-refractivity contribution in [2.45, 2.75) is 115 Å². The third kappa shape index (κ3) is 9.29. The van der Waals surface area contributed by atoms with E-state index in [0.717, 1.165) is 35.6 Å². The Bertz CT molecular complexity index is 1260. The number of nitrogens with zero attached hydrogens (tertiary/aromatic N) is 1. The monoisotopic (exact) mass is 578 g/mol. The Morgan fingerprint density at radius 3 is 2.36 bits per heavy atom. The number of rotatable bonds is 9. The van der Waals surface area contributed by atoms with Crippen LogP contribution in [0.15, 0.2) is 29.3 Å². The van der Waals surface area contributed by atoms with Crippen LogP contribution in [0.3, 0.4) is 0 Å². The van der Waals surface area contributed by atoms with E-state index in [-0.39, 0.29) is 47.4 Å². The Morgan fingerprint density at radius 1 is 1.10 bits per heavy atom. The fourth-order valence-electron chi connectivity index (χ4n) is 4.62. The van der Waals surface area contributed by atoms with Gasteiger partial charge in [-0.05, 0) is 85.8 Å². The van der Waals surface area contributed by atoms with E-state index in [4.69, 9.17) is 4.74 Å². The van der Waals surface area contributed by atoms with E-state index in [9.17, 15) is 18.0 Å². The van der Waals surface area contributed by atoms with Crippen LogP contribution in [0, 0.1) is 0 Å². The van der Waals surface area contributed by atoms with Crippen LogP contribution in [0.1, 0.15) is 90.6 Å². The molecule has 0 radical (unpaired) electrons. The van der Waals surface area contributed by atoms with Crippen LogP contribution >= 0.6 is 11.3 Å². The van der Waals surface area contributed by atoms with Gasteiger partial charge >= 0.3 is 6.09 Å². The lowest BCUT2D eigenvalue weighted by atomic mass is 9.86. The molecule has 216 valence electrons. The Labute approximate surface area is 236 Å². The van der Waals surface area contributed by atoms with Crippen LogP contribution in [0.5, 0.6) is 0 Å². The number of sulfonamides is 1. The minimum Gasteiger partial charge on any atom is -0.447 e. The molecule has 9 nitrogen and oxygen atoms in total. The van der Waals surface area contributed by atoms with Gasteiger partial charge in [-0.2, -0.15) is 0 Å². The van der Waals surface area contributed by atoms with E-state index in [0.29, 0.717) is 11.1 Å². The summed E-state index contributed by atoms with van der Waals surface area (Å²) in [6.45, 7) is 12.8. The number of aromatic nitrogens is 1. The van der Waals surface area contributed by atoms with Crippen molar-refractivity contribution in [2.24, 2.45) is 0 Å². The van der Waals surface area contributed by atoms with Gasteiger partial charge in [0.15, 0.2) is 0 Å². The van der Waals surface area contributed by atoms with Crippen molar-refractivity contribution < 1.29 is 22.7 Å². The van der Waals surface area contributed by atoms with Gasteiger partial charge in [0.1, 0.15) is 0 Å². The van der Waals surface area contributed by atoms with Gasteiger partial charge in [0.25, 0.3) is 0 Å². The van der Waals surface area contributed by atoms with Gasteiger partial charge in [0.05, 0.1) is 27.3 Å². The molecule has 2 aromatic rings. The first-order valence-corrected chi connectivity index (χ1v) is 15.8. The summed E-state index contributed by atoms with van der Waals surface area (Å²) in [5.41, 5.74) is 0.516. The lowest BCUT2D eigenvalue weighted by Gasteiger charge is -2.28. The zero-order valence-corrected chi connectivity index (χ0v) is 25.6. The minimum atomic E-state index is -3.88. The molecule has 1 heterocycles. The number of amides is 2. The second kappa shape index (κ2) is 12.8. The quantitative estimate of drug-likeness (QED) is 0.379. The molecule has 1 aliphatic rings. The summed E-state index contributed by atoms with van der Waals surface area (Å²) < 4.78 is 34.9. The van der Waals surface area contributed by atoms with Gasteiger partial charge in [-0.25, -0.2) is 22.9 Å². The zero-order valence-electron chi connectivity index (χ0n) is 24.0. The van der Waals surface area contributed by atoms with Crippen LogP contribution in [0.4, 0.5) is 4.79 Å². The molecule has 3 N–H and O–H groups in total. The topological polar surface area (TPSA) is 126 Å². The predicted octanol–water partition coefficient (Wildman–Crippen LogP) is 5.11. The molecule has 0 atom stereocenters. The van der Waals surface area contributed by atoms with Gasteiger partial charge in [-0.15, -0.1) is 11.3 Å². The number of ether oxygens (including phenoxy) is 1. The SMILES string of the molecule is CC(C)NC(=O)Cc1ccc(-c2cnc([C@H]3CC[C@H](NC(=O)OC(C)C)CC3)s2)c(S(=O)(=O)NC(C)(C)C)c1. The molecule has 1 aliphatic carbocycles. The maximum atomic E-state index is 13.5. The molecule has 1 fully saturated rings. The summed E-state index contributed by atoms with van der Waals surface area (Å²) in [7, 11) is -3.88. The Balaban J connectivity index is 1.82. The Morgan fingerprint density at radius 2 is 1.77 bits per heavy atom. The number of carbonyl (C=O) groups excluding carboxylic acids is 2. The lowest BCUT2D eigenvalue weighted by Crippen LogP contribution is -2.40. The number of hydrogen-bond acceptors (Lipinski definition) is 7. The average Bonchev–Trinajstić information content (AvgIpc) is 3.27. The predicted molar refractivity (Wildman–Crippen MR) is 154 cm³/mol. The van der Waals surface area contributed by atoms with Gasteiger partial charge in [-0.1, -0.05) is 12.1 Å². The molecule has 0 aliphatic heterocycles. The largest absolute Gasteiger partial charge is 0.447 e. The van der Waals surface area contributed by atoms with Crippen LogP contribution in [0.2, 0.25) is 0 Å². The molecule has 0 spiro atoms. The van der Waals surface area contributed by atoms with Crippen molar-refractivity contribution in [2.75, 3.05) is 0 Å². The highest BCUT2D eigenvalue weighted by molar-refractivity contribution is 7.89. The molecule has 11 heteroatoms. The van der Waals surface area contributed by atoms with Crippen LogP contribution in [-0.4, -0.2) is 49.1 Å². The van der Waals surface area contributed by atoms with Crippen molar-refractivity contribution in [1.29, 1.82) is 0 Å². The third-order valence-electron chi connectivity index (χ3n) is 6.12. The number of thiazole rings is 1. The van der Waals surface area contributed by atoms with E-state index in [1.165, 1.54) is 11.3 Å². The number of carbonyl (C=O) groups is 2. The highest BCUT2D eigenvalue weighted by Gasteiger charge is 2.29. The number of nitrogens with one attached hydrogen (secondary N) is 3. The lowest BCUT2D eigenvalue weighted by molar-refractivity contribution is -0.120. The second-order valence-electron chi connectivity index (χ2n) is 11.8. The molecule has 39 heavy (non-hydrogen) atoms. The number of hydrogen-bond donors (Lipinski definition) is 3. The fourth-order valence-corrected chi connectivity index (χ4v) is 7.50. The van der Waals surface area contributed by atoms with Crippen LogP contribution in [0.25, 0.3) is 10.4 Å². The average molecular weight is 579 g/mol. The summed E-state index contributed by atoms with van der Waals surface area (Å²) in [5, 5.41) is 6.76. The molecule has 0 unspecified atom stereocenters. The normalized spacial score (nSPS) is 18.3. The molecule has 2 amide bonds. The summed E-state index contributed by atoms with van der Waals surface area (Å²) in [6, 6.07) is 5.24. The van der Waals surface area contributed by atoms with Crippen molar-refractivity contribution in [3.8, 4) is 10.4 Å². The van der Waals surface area contributed by atoms with E-state index in [1.807, 2.05) is 27.7 Å². The number of benzene rings is 1. The molecule has 0 bridgehead atoms. The van der Waals surface area contributed by atoms with Gasteiger partial charge in [0.2, 0.25) is 15.9 Å². The van der Waals surface area contributed by atoms with Crippen molar-refractivity contribution >= 4 is 33.4 Å². The second-order valence-corrected chi connectivity index (χ2v) is 14.5. The maximum Gasteiger partial charge on any atom is 0.407 e. The highest BCUT2D eigenvalue weighted by Crippen LogP contribution is 2.39. The standard InChI is InChI=1S/C28H42N4O5S2/c1-17(2)30-25(33)15-19-8-13-22(24(14-19)39(35,36)32-28(5,6)7)23-16-29-26(38-23)20-9-11-21(12-10-20)31-27(34)37-18(3)4/h8,13-14,16-18,20-21,32H,9-12,15H2,1-7H3,(H,30,33)(H,31,34)/t20-,21-. The first-order valence-electron chi connectivity index (χ1n) is 13.5. The zero-order chi connectivity index (χ0) is 29.0. The smallest absolute Gasteiger partial charge is 0.407 e. The molecule has 1 aromatic heterocycles. The number of alkyl carbamates (subject to hydrolysis) is 1. The van der Waals surface area contributed by atoms with Gasteiger partial charge in [0, 0.05) is 35.3 Å². The highest BCUT2D eigenvalue weighted by atomic mass is 32.2. The van der Waals surface area contributed by atoms with Crippen molar-refractivity contribution in [3.05, 3.63) is 35.0 Å². The Kier molecular flexibility index (Phi) is 10.2. The first kappa shape index (κ1) is 31.0. The minimum absolute atomic E-state index is 0.00198. The summed E-state index contributed by atoms with van der Waals surface area (Å²) in [6.07, 6.45) is 4.69. The first-order chi connectivity index (χ1) is 18.1. The summed E-state index contributed by atoms with van der Waals surface area (Å²) >= 11 is 1.50. The van der Waals surface area contributed by atoms with Crippen molar-refractivity contribution in [1.82, 2.24) is 20.3 Å². The van der Waals surface area contributed by atoms with E-state index in [1.54, 1.807) is 45.2 Å². The van der Waals surface area contributed by atoms with Crippen molar-refractivity contribution in [3.63, 3.8) is 0 Å². The molecule has 3 rings (SSSR count). The molecular formula is C28H42N4O5S2. The third-order valence-corrected chi connectivity index (χ3v) is 9.11. The van der Waals surface area contributed by atoms with Gasteiger partial charge < -0.3 is 15.4 Å². The van der Waals surface area contributed by atoms with E-state index < -0.39 is 15.6 Å². The van der Waals surface area contributed by atoms with E-state index >= 15 is 0 Å². The fraction of sp³-hybridized carbons (Fsp3) is 0.607. The molecule has 1 saturated carbocycles. The maximum absolute atomic E-state index is 13.5. The molecular weight excluding hydrogens is 536 g/mol. The summed E-state index contributed by atoms with van der Waals surface area (Å²) in [5.74, 6) is 0.0854. The Hall–Kier alpha value is -2.50. The molecule has 1 aromatic carbocycles. The van der Waals surface area contributed by atoms with E-state index in [2.05, 4.69) is 20.3 Å².